The van der Waals surface area contributed by atoms with E-state index in [1.165, 1.54) is 0 Å². The lowest BCUT2D eigenvalue weighted by atomic mass is 10.2. The van der Waals surface area contributed by atoms with E-state index in [-0.39, 0.29) is 18.6 Å². The van der Waals surface area contributed by atoms with Crippen molar-refractivity contribution in [3.63, 3.8) is 0 Å². The predicted molar refractivity (Wildman–Crippen MR) is 95.9 cm³/mol. The van der Waals surface area contributed by atoms with E-state index < -0.39 is 0 Å². The van der Waals surface area contributed by atoms with Gasteiger partial charge in [-0.15, -0.1) is 0 Å². The van der Waals surface area contributed by atoms with Crippen LogP contribution in [0.4, 0.5) is 0 Å². The lowest BCUT2D eigenvalue weighted by Crippen LogP contribution is -2.33. The molecule has 0 N–H and O–H groups in total. The molecule has 5 nitrogen and oxygen atoms in total. The normalized spacial score (nSPS) is 12.0. The number of carbonyl (C=O) groups excluding carboxylic acids is 1. The first kappa shape index (κ1) is 16.9. The van der Waals surface area contributed by atoms with Gasteiger partial charge in [0.2, 0.25) is 0 Å². The number of benzene rings is 2. The van der Waals surface area contributed by atoms with Crippen LogP contribution >= 0.6 is 0 Å². The second-order valence-electron chi connectivity index (χ2n) is 5.81. The molecule has 1 atom stereocenters. The van der Waals surface area contributed by atoms with Crippen molar-refractivity contribution < 1.29 is 18.7 Å². The lowest BCUT2D eigenvalue weighted by Gasteiger charge is -2.23. The Morgan fingerprint density at radius 1 is 1.12 bits per heavy atom. The van der Waals surface area contributed by atoms with Crippen molar-refractivity contribution in [1.82, 2.24) is 4.90 Å². The maximum Gasteiger partial charge on any atom is 0.260 e. The molecule has 0 saturated carbocycles. The van der Waals surface area contributed by atoms with E-state index in [4.69, 9.17) is 13.9 Å². The fourth-order valence-electron chi connectivity index (χ4n) is 2.59. The van der Waals surface area contributed by atoms with Gasteiger partial charge in [0, 0.05) is 12.4 Å². The number of ether oxygens (including phenoxy) is 2. The number of furan rings is 1. The Labute approximate surface area is 146 Å². The van der Waals surface area contributed by atoms with Crippen LogP contribution in [0.2, 0.25) is 0 Å². The number of fused-ring (bicyclic) bond motifs is 1. The van der Waals surface area contributed by atoms with Crippen LogP contribution in [0.25, 0.3) is 11.0 Å². The molecular weight excluding hydrogens is 318 g/mol. The van der Waals surface area contributed by atoms with Gasteiger partial charge in [-0.1, -0.05) is 30.3 Å². The van der Waals surface area contributed by atoms with Gasteiger partial charge >= 0.3 is 0 Å². The number of hydrogen-bond donors (Lipinski definition) is 0. The summed E-state index contributed by atoms with van der Waals surface area (Å²) in [6, 6.07) is 16.8. The summed E-state index contributed by atoms with van der Waals surface area (Å²) in [7, 11) is 3.31. The van der Waals surface area contributed by atoms with Crippen LogP contribution in [0.5, 0.6) is 11.5 Å². The summed E-state index contributed by atoms with van der Waals surface area (Å²) in [5.41, 5.74) is 0.815. The van der Waals surface area contributed by atoms with Crippen molar-refractivity contribution in [3.8, 4) is 11.5 Å². The summed E-state index contributed by atoms with van der Waals surface area (Å²) in [4.78, 5) is 14.1. The van der Waals surface area contributed by atoms with Crippen LogP contribution in [0.1, 0.15) is 18.7 Å². The molecule has 1 unspecified atom stereocenters. The predicted octanol–water partition coefficient (Wildman–Crippen LogP) is 4.04. The Morgan fingerprint density at radius 2 is 1.80 bits per heavy atom. The van der Waals surface area contributed by atoms with E-state index in [9.17, 15) is 4.79 Å². The van der Waals surface area contributed by atoms with E-state index in [1.807, 2.05) is 49.4 Å². The third-order valence-corrected chi connectivity index (χ3v) is 4.25. The minimum atomic E-state index is -0.193. The number of amides is 1. The molecule has 1 heterocycles. The Bertz CT molecular complexity index is 838. The Morgan fingerprint density at radius 3 is 2.52 bits per heavy atom. The standard InChI is InChI=1S/C20H21NO4/c1-14(19-12-15-8-4-5-9-16(15)25-19)21(2)20(22)13-24-18-11-7-6-10-17(18)23-3/h4-12,14H,13H2,1-3H3. The van der Waals surface area contributed by atoms with Gasteiger partial charge in [0.25, 0.3) is 5.91 Å². The fraction of sp³-hybridized carbons (Fsp3) is 0.250. The topological polar surface area (TPSA) is 51.9 Å². The van der Waals surface area contributed by atoms with Crippen molar-refractivity contribution in [3.05, 3.63) is 60.4 Å². The molecule has 0 aliphatic carbocycles. The number of para-hydroxylation sites is 3. The quantitative estimate of drug-likeness (QED) is 0.680. The molecule has 130 valence electrons. The number of likely N-dealkylation sites (N-methyl/N-ethyl adjacent to an activating group) is 1. The maximum absolute atomic E-state index is 12.5. The molecule has 3 rings (SSSR count). The van der Waals surface area contributed by atoms with Gasteiger partial charge in [-0.3, -0.25) is 4.79 Å². The first-order valence-electron chi connectivity index (χ1n) is 8.10. The highest BCUT2D eigenvalue weighted by Gasteiger charge is 2.21. The zero-order chi connectivity index (χ0) is 17.8. The van der Waals surface area contributed by atoms with Gasteiger partial charge in [-0.25, -0.2) is 0 Å². The number of methoxy groups -OCH3 is 1. The third kappa shape index (κ3) is 3.60. The third-order valence-electron chi connectivity index (χ3n) is 4.25. The average molecular weight is 339 g/mol. The number of rotatable bonds is 6. The van der Waals surface area contributed by atoms with Crippen molar-refractivity contribution in [2.75, 3.05) is 20.8 Å². The van der Waals surface area contributed by atoms with Crippen molar-refractivity contribution in [2.45, 2.75) is 13.0 Å². The summed E-state index contributed by atoms with van der Waals surface area (Å²) < 4.78 is 16.7. The highest BCUT2D eigenvalue weighted by atomic mass is 16.5. The summed E-state index contributed by atoms with van der Waals surface area (Å²) in [5.74, 6) is 1.75. The number of carbonyl (C=O) groups is 1. The summed E-state index contributed by atoms with van der Waals surface area (Å²) in [6.45, 7) is 1.86. The maximum atomic E-state index is 12.5. The molecule has 0 aliphatic heterocycles. The number of hydrogen-bond acceptors (Lipinski definition) is 4. The SMILES string of the molecule is COc1ccccc1OCC(=O)N(C)C(C)c1cc2ccccc2o1. The van der Waals surface area contributed by atoms with Crippen LogP contribution in [0.15, 0.2) is 59.0 Å². The van der Waals surface area contributed by atoms with Crippen LogP contribution in [0, 0.1) is 0 Å². The van der Waals surface area contributed by atoms with Gasteiger partial charge < -0.3 is 18.8 Å². The second kappa shape index (κ2) is 7.30. The number of nitrogens with zero attached hydrogens (tertiary/aromatic N) is 1. The van der Waals surface area contributed by atoms with Gasteiger partial charge in [-0.2, -0.15) is 0 Å². The summed E-state index contributed by atoms with van der Waals surface area (Å²) in [6.07, 6.45) is 0. The molecule has 0 fully saturated rings. The molecule has 0 bridgehead atoms. The molecule has 0 aliphatic rings. The van der Waals surface area contributed by atoms with Crippen molar-refractivity contribution >= 4 is 16.9 Å². The molecule has 1 aromatic heterocycles. The Kier molecular flexibility index (Phi) is 4.93. The smallest absolute Gasteiger partial charge is 0.260 e. The van der Waals surface area contributed by atoms with Crippen LogP contribution in [-0.4, -0.2) is 31.6 Å². The van der Waals surface area contributed by atoms with E-state index in [0.717, 1.165) is 16.7 Å². The van der Waals surface area contributed by atoms with Gasteiger partial charge in [0.05, 0.1) is 13.2 Å². The van der Waals surface area contributed by atoms with Gasteiger partial charge in [-0.05, 0) is 31.2 Å². The van der Waals surface area contributed by atoms with E-state index >= 15 is 0 Å². The molecule has 3 aromatic rings. The highest BCUT2D eigenvalue weighted by molar-refractivity contribution is 5.79. The van der Waals surface area contributed by atoms with E-state index in [2.05, 4.69) is 0 Å². The molecule has 1 amide bonds. The van der Waals surface area contributed by atoms with E-state index in [0.29, 0.717) is 11.5 Å². The first-order valence-corrected chi connectivity index (χ1v) is 8.10. The van der Waals surface area contributed by atoms with Gasteiger partial charge in [0.1, 0.15) is 11.3 Å². The second-order valence-corrected chi connectivity index (χ2v) is 5.81. The minimum absolute atomic E-state index is 0.0680. The zero-order valence-electron chi connectivity index (χ0n) is 14.6. The lowest BCUT2D eigenvalue weighted by molar-refractivity contribution is -0.134. The molecule has 5 heteroatoms. The first-order chi connectivity index (χ1) is 12.1. The molecular formula is C20H21NO4. The largest absolute Gasteiger partial charge is 0.493 e. The zero-order valence-corrected chi connectivity index (χ0v) is 14.6. The average Bonchev–Trinajstić information content (AvgIpc) is 3.09. The monoisotopic (exact) mass is 339 g/mol. The van der Waals surface area contributed by atoms with E-state index in [1.54, 1.807) is 31.2 Å². The molecule has 0 radical (unpaired) electrons. The molecule has 0 spiro atoms. The van der Waals surface area contributed by atoms with Crippen LogP contribution in [0.3, 0.4) is 0 Å². The molecule has 0 saturated heterocycles. The van der Waals surface area contributed by atoms with Crippen molar-refractivity contribution in [1.29, 1.82) is 0 Å². The Hall–Kier alpha value is -2.95. The highest BCUT2D eigenvalue weighted by Crippen LogP contribution is 2.28. The van der Waals surface area contributed by atoms with Crippen LogP contribution < -0.4 is 9.47 Å². The minimum Gasteiger partial charge on any atom is -0.493 e. The fourth-order valence-corrected chi connectivity index (χ4v) is 2.59. The van der Waals surface area contributed by atoms with Crippen molar-refractivity contribution in [2.24, 2.45) is 0 Å². The summed E-state index contributed by atoms with van der Waals surface area (Å²) >= 11 is 0. The molecule has 2 aromatic carbocycles. The Balaban J connectivity index is 1.67. The van der Waals surface area contributed by atoms with Gasteiger partial charge in [0.15, 0.2) is 18.1 Å². The summed E-state index contributed by atoms with van der Waals surface area (Å²) in [5, 5.41) is 1.02. The molecule has 25 heavy (non-hydrogen) atoms. The van der Waals surface area contributed by atoms with Crippen LogP contribution in [-0.2, 0) is 4.79 Å².